The largest absolute Gasteiger partial charge is 0.497 e. The third kappa shape index (κ3) is 1.36. The zero-order chi connectivity index (χ0) is 11.8. The van der Waals surface area contributed by atoms with Crippen molar-refractivity contribution in [2.24, 2.45) is 0 Å². The van der Waals surface area contributed by atoms with Crippen molar-refractivity contribution in [2.45, 2.75) is 0 Å². The number of hydrogen-bond acceptors (Lipinski definition) is 6. The highest BCUT2D eigenvalue weighted by atomic mass is 16.5. The van der Waals surface area contributed by atoms with Crippen molar-refractivity contribution >= 4 is 16.8 Å². The minimum atomic E-state index is 0.438. The van der Waals surface area contributed by atoms with Crippen LogP contribution in [0.1, 0.15) is 0 Å². The van der Waals surface area contributed by atoms with Gasteiger partial charge in [0, 0.05) is 12.1 Å². The fourth-order valence-electron chi connectivity index (χ4n) is 1.67. The number of aromatic nitrogens is 5. The summed E-state index contributed by atoms with van der Waals surface area (Å²) in [6.07, 6.45) is 1.43. The molecule has 0 amide bonds. The van der Waals surface area contributed by atoms with Crippen LogP contribution in [0.25, 0.3) is 16.8 Å². The molecular formula is C10H9N5O2. The van der Waals surface area contributed by atoms with Crippen molar-refractivity contribution in [3.05, 3.63) is 18.5 Å². The van der Waals surface area contributed by atoms with Gasteiger partial charge in [0.05, 0.1) is 14.2 Å². The lowest BCUT2D eigenvalue weighted by molar-refractivity contribution is 0.397. The minimum Gasteiger partial charge on any atom is -0.497 e. The van der Waals surface area contributed by atoms with Gasteiger partial charge < -0.3 is 9.47 Å². The van der Waals surface area contributed by atoms with Crippen molar-refractivity contribution < 1.29 is 9.47 Å². The molecule has 0 fully saturated rings. The smallest absolute Gasteiger partial charge is 0.272 e. The fraction of sp³-hybridized carbons (Fsp3) is 0.200. The molecule has 1 aromatic carbocycles. The quantitative estimate of drug-likeness (QED) is 0.646. The first-order chi connectivity index (χ1) is 8.33. The first kappa shape index (κ1) is 9.76. The van der Waals surface area contributed by atoms with Crippen molar-refractivity contribution in [3.63, 3.8) is 0 Å². The summed E-state index contributed by atoms with van der Waals surface area (Å²) in [6.45, 7) is 0. The minimum absolute atomic E-state index is 0.438. The van der Waals surface area contributed by atoms with E-state index in [0.717, 1.165) is 5.52 Å². The van der Waals surface area contributed by atoms with E-state index in [1.54, 1.807) is 24.8 Å². The van der Waals surface area contributed by atoms with Gasteiger partial charge in [-0.3, -0.25) is 0 Å². The zero-order valence-corrected chi connectivity index (χ0v) is 9.28. The average molecular weight is 231 g/mol. The maximum atomic E-state index is 5.25. The van der Waals surface area contributed by atoms with Gasteiger partial charge >= 0.3 is 0 Å². The fourth-order valence-corrected chi connectivity index (χ4v) is 1.67. The van der Waals surface area contributed by atoms with Crippen molar-refractivity contribution in [3.8, 4) is 11.5 Å². The summed E-state index contributed by atoms with van der Waals surface area (Å²) in [5, 5.41) is 12.1. The van der Waals surface area contributed by atoms with E-state index in [4.69, 9.17) is 9.47 Å². The van der Waals surface area contributed by atoms with Crippen LogP contribution in [0, 0.1) is 0 Å². The van der Waals surface area contributed by atoms with E-state index in [1.807, 2.05) is 6.07 Å². The summed E-state index contributed by atoms with van der Waals surface area (Å²) in [5.74, 6) is 1.69. The Morgan fingerprint density at radius 2 is 2.00 bits per heavy atom. The molecule has 0 atom stereocenters. The second kappa shape index (κ2) is 3.55. The monoisotopic (exact) mass is 231 g/mol. The van der Waals surface area contributed by atoms with E-state index in [-0.39, 0.29) is 0 Å². The molecule has 2 heterocycles. The predicted molar refractivity (Wildman–Crippen MR) is 59.2 cm³/mol. The lowest BCUT2D eigenvalue weighted by atomic mass is 10.2. The van der Waals surface area contributed by atoms with Crippen LogP contribution in [0.15, 0.2) is 18.5 Å². The van der Waals surface area contributed by atoms with Crippen molar-refractivity contribution in [1.29, 1.82) is 0 Å². The normalized spacial score (nSPS) is 10.9. The lowest BCUT2D eigenvalue weighted by Gasteiger charge is -2.07. The van der Waals surface area contributed by atoms with Crippen LogP contribution >= 0.6 is 0 Å². The highest BCUT2D eigenvalue weighted by Gasteiger charge is 2.11. The van der Waals surface area contributed by atoms with Gasteiger partial charge in [-0.15, -0.1) is 10.2 Å². The van der Waals surface area contributed by atoms with Crippen LogP contribution in [-0.2, 0) is 0 Å². The SMILES string of the molecule is COc1cc(OC)c2nnc3ncnn3c2c1. The van der Waals surface area contributed by atoms with Gasteiger partial charge in [-0.05, 0) is 0 Å². The lowest BCUT2D eigenvalue weighted by Crippen LogP contribution is -1.99. The molecule has 2 aromatic heterocycles. The standard InChI is InChI=1S/C10H9N5O2/c1-16-6-3-7-9(8(4-6)17-2)13-14-10-11-5-12-15(7)10/h3-5H,1-2H3. The summed E-state index contributed by atoms with van der Waals surface area (Å²) in [6, 6.07) is 3.56. The average Bonchev–Trinajstić information content (AvgIpc) is 2.85. The van der Waals surface area contributed by atoms with Crippen LogP contribution in [0.5, 0.6) is 11.5 Å². The molecule has 7 heteroatoms. The highest BCUT2D eigenvalue weighted by Crippen LogP contribution is 2.28. The van der Waals surface area contributed by atoms with E-state index < -0.39 is 0 Å². The Kier molecular flexibility index (Phi) is 2.04. The Balaban J connectivity index is 2.48. The van der Waals surface area contributed by atoms with Crippen LogP contribution in [0.3, 0.4) is 0 Å². The zero-order valence-electron chi connectivity index (χ0n) is 9.28. The molecular weight excluding hydrogens is 222 g/mol. The van der Waals surface area contributed by atoms with Crippen LogP contribution in [0.4, 0.5) is 0 Å². The van der Waals surface area contributed by atoms with Crippen molar-refractivity contribution in [2.75, 3.05) is 14.2 Å². The second-order valence-corrected chi connectivity index (χ2v) is 3.37. The topological polar surface area (TPSA) is 74.4 Å². The van der Waals surface area contributed by atoms with E-state index in [0.29, 0.717) is 22.8 Å². The number of benzene rings is 1. The van der Waals surface area contributed by atoms with Gasteiger partial charge in [0.25, 0.3) is 5.78 Å². The predicted octanol–water partition coefficient (Wildman–Crippen LogP) is 0.690. The van der Waals surface area contributed by atoms with E-state index >= 15 is 0 Å². The summed E-state index contributed by atoms with van der Waals surface area (Å²) in [5.41, 5.74) is 1.36. The van der Waals surface area contributed by atoms with Crippen LogP contribution in [0.2, 0.25) is 0 Å². The third-order valence-corrected chi connectivity index (χ3v) is 2.48. The van der Waals surface area contributed by atoms with Crippen LogP contribution in [-0.4, -0.2) is 39.0 Å². The molecule has 0 N–H and O–H groups in total. The number of methoxy groups -OCH3 is 2. The Bertz CT molecular complexity index is 694. The molecule has 17 heavy (non-hydrogen) atoms. The number of fused-ring (bicyclic) bond motifs is 3. The molecule has 0 aliphatic heterocycles. The molecule has 7 nitrogen and oxygen atoms in total. The van der Waals surface area contributed by atoms with Gasteiger partial charge in [0.1, 0.15) is 17.6 Å². The Hall–Kier alpha value is -2.44. The summed E-state index contributed by atoms with van der Waals surface area (Å²) >= 11 is 0. The highest BCUT2D eigenvalue weighted by molar-refractivity contribution is 5.83. The summed E-state index contributed by atoms with van der Waals surface area (Å²) in [4.78, 5) is 3.98. The van der Waals surface area contributed by atoms with E-state index in [9.17, 15) is 0 Å². The number of ether oxygens (including phenoxy) is 2. The summed E-state index contributed by atoms with van der Waals surface area (Å²) in [7, 11) is 3.16. The Morgan fingerprint density at radius 1 is 1.12 bits per heavy atom. The van der Waals surface area contributed by atoms with E-state index in [1.165, 1.54) is 6.33 Å². The number of hydrogen-bond donors (Lipinski definition) is 0. The first-order valence-corrected chi connectivity index (χ1v) is 4.91. The molecule has 3 rings (SSSR count). The van der Waals surface area contributed by atoms with E-state index in [2.05, 4.69) is 20.3 Å². The van der Waals surface area contributed by atoms with Gasteiger partial charge in [0.15, 0.2) is 11.3 Å². The van der Waals surface area contributed by atoms with Gasteiger partial charge in [0.2, 0.25) is 0 Å². The maximum Gasteiger partial charge on any atom is 0.272 e. The van der Waals surface area contributed by atoms with Crippen LogP contribution < -0.4 is 9.47 Å². The molecule has 0 radical (unpaired) electrons. The second-order valence-electron chi connectivity index (χ2n) is 3.37. The molecule has 0 spiro atoms. The molecule has 3 aromatic rings. The molecule has 0 saturated carbocycles. The Labute approximate surface area is 96.0 Å². The van der Waals surface area contributed by atoms with Crippen molar-refractivity contribution in [1.82, 2.24) is 24.8 Å². The molecule has 0 aliphatic carbocycles. The maximum absolute atomic E-state index is 5.25. The number of nitrogens with zero attached hydrogens (tertiary/aromatic N) is 5. The molecule has 0 aliphatic rings. The van der Waals surface area contributed by atoms with Gasteiger partial charge in [-0.2, -0.15) is 14.6 Å². The third-order valence-electron chi connectivity index (χ3n) is 2.48. The van der Waals surface area contributed by atoms with Gasteiger partial charge in [-0.25, -0.2) is 0 Å². The molecule has 86 valence electrons. The molecule has 0 unspecified atom stereocenters. The Morgan fingerprint density at radius 3 is 2.76 bits per heavy atom. The summed E-state index contributed by atoms with van der Waals surface area (Å²) < 4.78 is 12.0. The molecule has 0 bridgehead atoms. The van der Waals surface area contributed by atoms with Gasteiger partial charge in [-0.1, -0.05) is 0 Å². The number of rotatable bonds is 2. The first-order valence-electron chi connectivity index (χ1n) is 4.91. The molecule has 0 saturated heterocycles.